The van der Waals surface area contributed by atoms with Crippen LogP contribution in [-0.2, 0) is 0 Å². The second-order valence-corrected chi connectivity index (χ2v) is 6.69. The van der Waals surface area contributed by atoms with Crippen LogP contribution >= 0.6 is 0 Å². The van der Waals surface area contributed by atoms with Gasteiger partial charge in [0.25, 0.3) is 0 Å². The number of rotatable bonds is 3. The first-order valence-corrected chi connectivity index (χ1v) is 7.61. The lowest BCUT2D eigenvalue weighted by molar-refractivity contribution is 0.120. The molecule has 2 aliphatic rings. The van der Waals surface area contributed by atoms with Crippen LogP contribution in [0.25, 0.3) is 0 Å². The summed E-state index contributed by atoms with van der Waals surface area (Å²) in [5, 5.41) is 9.07. The van der Waals surface area contributed by atoms with Crippen molar-refractivity contribution in [2.24, 2.45) is 11.7 Å². The lowest BCUT2D eigenvalue weighted by atomic mass is 9.80. The van der Waals surface area contributed by atoms with E-state index < -0.39 is 5.54 Å². The standard InChI is InChI=1S/C15H28N4/c1-18-9-5-13(6-10-18)11-19(2)14-3-7-15(17,12-16)8-4-14/h13-14H,3-11,17H2,1-2H3. The van der Waals surface area contributed by atoms with Gasteiger partial charge in [0, 0.05) is 12.6 Å². The van der Waals surface area contributed by atoms with Gasteiger partial charge in [0.1, 0.15) is 5.54 Å². The average Bonchev–Trinajstić information content (AvgIpc) is 2.42. The number of hydrogen-bond donors (Lipinski definition) is 1. The van der Waals surface area contributed by atoms with Crippen molar-refractivity contribution < 1.29 is 0 Å². The molecule has 1 saturated carbocycles. The number of nitrogens with zero attached hydrogens (tertiary/aromatic N) is 3. The predicted molar refractivity (Wildman–Crippen MR) is 77.6 cm³/mol. The first-order chi connectivity index (χ1) is 9.02. The molecule has 1 aliphatic heterocycles. The summed E-state index contributed by atoms with van der Waals surface area (Å²) in [6.45, 7) is 3.69. The third-order valence-electron chi connectivity index (χ3n) is 5.08. The van der Waals surface area contributed by atoms with Gasteiger partial charge in [-0.05, 0) is 71.6 Å². The largest absolute Gasteiger partial charge is 0.313 e. The van der Waals surface area contributed by atoms with Crippen molar-refractivity contribution in [2.45, 2.75) is 50.1 Å². The van der Waals surface area contributed by atoms with Gasteiger partial charge in [0.15, 0.2) is 0 Å². The third kappa shape index (κ3) is 3.92. The number of nitriles is 1. The van der Waals surface area contributed by atoms with Gasteiger partial charge < -0.3 is 15.5 Å². The van der Waals surface area contributed by atoms with E-state index in [4.69, 9.17) is 11.0 Å². The maximum absolute atomic E-state index is 9.07. The van der Waals surface area contributed by atoms with Crippen molar-refractivity contribution in [3.63, 3.8) is 0 Å². The second-order valence-electron chi connectivity index (χ2n) is 6.69. The van der Waals surface area contributed by atoms with E-state index in [-0.39, 0.29) is 0 Å². The van der Waals surface area contributed by atoms with E-state index in [1.807, 2.05) is 0 Å². The number of nitrogens with two attached hydrogens (primary N) is 1. The van der Waals surface area contributed by atoms with Gasteiger partial charge in [-0.1, -0.05) is 0 Å². The molecule has 0 bridgehead atoms. The first-order valence-electron chi connectivity index (χ1n) is 7.61. The summed E-state index contributed by atoms with van der Waals surface area (Å²) in [6.07, 6.45) is 6.51. The highest BCUT2D eigenvalue weighted by Gasteiger charge is 2.33. The fourth-order valence-corrected chi connectivity index (χ4v) is 3.47. The lowest BCUT2D eigenvalue weighted by Crippen LogP contribution is -2.48. The van der Waals surface area contributed by atoms with E-state index in [2.05, 4.69) is 30.0 Å². The van der Waals surface area contributed by atoms with Crippen molar-refractivity contribution in [3.8, 4) is 6.07 Å². The number of piperidine rings is 1. The van der Waals surface area contributed by atoms with Crippen molar-refractivity contribution in [1.82, 2.24) is 9.80 Å². The van der Waals surface area contributed by atoms with Crippen LogP contribution in [0.3, 0.4) is 0 Å². The van der Waals surface area contributed by atoms with Crippen molar-refractivity contribution in [3.05, 3.63) is 0 Å². The smallest absolute Gasteiger partial charge is 0.104 e. The first kappa shape index (κ1) is 14.8. The van der Waals surface area contributed by atoms with Gasteiger partial charge in [0.2, 0.25) is 0 Å². The zero-order valence-electron chi connectivity index (χ0n) is 12.4. The molecule has 0 atom stereocenters. The molecule has 19 heavy (non-hydrogen) atoms. The van der Waals surface area contributed by atoms with Gasteiger partial charge in [-0.3, -0.25) is 0 Å². The van der Waals surface area contributed by atoms with Crippen LogP contribution in [0.2, 0.25) is 0 Å². The van der Waals surface area contributed by atoms with Crippen LogP contribution in [0.15, 0.2) is 0 Å². The Morgan fingerprint density at radius 3 is 2.37 bits per heavy atom. The molecule has 1 heterocycles. The fourth-order valence-electron chi connectivity index (χ4n) is 3.47. The molecule has 1 aliphatic carbocycles. The molecule has 108 valence electrons. The summed E-state index contributed by atoms with van der Waals surface area (Å²) >= 11 is 0. The Hall–Kier alpha value is -0.630. The van der Waals surface area contributed by atoms with E-state index in [1.54, 1.807) is 0 Å². The quantitative estimate of drug-likeness (QED) is 0.837. The molecule has 0 aromatic carbocycles. The Kier molecular flexibility index (Phi) is 4.83. The van der Waals surface area contributed by atoms with Crippen LogP contribution in [-0.4, -0.2) is 55.1 Å². The van der Waals surface area contributed by atoms with E-state index >= 15 is 0 Å². The maximum Gasteiger partial charge on any atom is 0.104 e. The summed E-state index contributed by atoms with van der Waals surface area (Å²) in [4.78, 5) is 4.94. The Balaban J connectivity index is 1.75. The molecule has 0 aromatic rings. The molecule has 4 nitrogen and oxygen atoms in total. The van der Waals surface area contributed by atoms with Crippen LogP contribution in [0.1, 0.15) is 38.5 Å². The molecule has 0 spiro atoms. The summed E-state index contributed by atoms with van der Waals surface area (Å²) < 4.78 is 0. The van der Waals surface area contributed by atoms with Crippen molar-refractivity contribution in [2.75, 3.05) is 33.7 Å². The zero-order valence-corrected chi connectivity index (χ0v) is 12.4. The van der Waals surface area contributed by atoms with Crippen LogP contribution in [0, 0.1) is 17.2 Å². The minimum atomic E-state index is -0.551. The molecule has 0 unspecified atom stereocenters. The Labute approximate surface area is 117 Å². The summed E-state index contributed by atoms with van der Waals surface area (Å²) in [7, 11) is 4.46. The number of hydrogen-bond acceptors (Lipinski definition) is 4. The van der Waals surface area contributed by atoms with Crippen molar-refractivity contribution in [1.29, 1.82) is 5.26 Å². The molecule has 1 saturated heterocycles. The minimum absolute atomic E-state index is 0.551. The molecule has 2 fully saturated rings. The highest BCUT2D eigenvalue weighted by molar-refractivity contribution is 5.07. The maximum atomic E-state index is 9.07. The molecule has 2 rings (SSSR count). The van der Waals surface area contributed by atoms with Crippen molar-refractivity contribution >= 4 is 0 Å². The van der Waals surface area contributed by atoms with Gasteiger partial charge in [-0.25, -0.2) is 0 Å². The zero-order chi connectivity index (χ0) is 13.9. The lowest BCUT2D eigenvalue weighted by Gasteiger charge is -2.39. The minimum Gasteiger partial charge on any atom is -0.313 e. The van der Waals surface area contributed by atoms with E-state index in [1.165, 1.54) is 32.5 Å². The van der Waals surface area contributed by atoms with Gasteiger partial charge in [0.05, 0.1) is 6.07 Å². The predicted octanol–water partition coefficient (Wildman–Crippen LogP) is 1.42. The van der Waals surface area contributed by atoms with E-state index in [9.17, 15) is 0 Å². The molecular weight excluding hydrogens is 236 g/mol. The van der Waals surface area contributed by atoms with Gasteiger partial charge in [-0.2, -0.15) is 5.26 Å². The van der Waals surface area contributed by atoms with E-state index in [0.29, 0.717) is 6.04 Å². The summed E-state index contributed by atoms with van der Waals surface area (Å²) in [5.74, 6) is 0.849. The highest BCUT2D eigenvalue weighted by atomic mass is 15.1. The Morgan fingerprint density at radius 2 is 1.84 bits per heavy atom. The molecule has 0 aromatic heterocycles. The Morgan fingerprint density at radius 1 is 1.26 bits per heavy atom. The van der Waals surface area contributed by atoms with Crippen LogP contribution in [0.4, 0.5) is 0 Å². The van der Waals surface area contributed by atoms with Crippen LogP contribution in [0.5, 0.6) is 0 Å². The molecular formula is C15H28N4. The fraction of sp³-hybridized carbons (Fsp3) is 0.933. The molecule has 0 radical (unpaired) electrons. The topological polar surface area (TPSA) is 56.3 Å². The molecule has 4 heteroatoms. The second kappa shape index (κ2) is 6.21. The average molecular weight is 264 g/mol. The highest BCUT2D eigenvalue weighted by Crippen LogP contribution is 2.29. The van der Waals surface area contributed by atoms with E-state index in [0.717, 1.165) is 31.6 Å². The third-order valence-corrected chi connectivity index (χ3v) is 5.08. The van der Waals surface area contributed by atoms with Crippen LogP contribution < -0.4 is 5.73 Å². The molecule has 0 amide bonds. The monoisotopic (exact) mass is 264 g/mol. The SMILES string of the molecule is CN1CCC(CN(C)C2CCC(N)(C#N)CC2)CC1. The van der Waals surface area contributed by atoms with Gasteiger partial charge >= 0.3 is 0 Å². The number of likely N-dealkylation sites (tertiary alicyclic amines) is 1. The molecule has 2 N–H and O–H groups in total. The summed E-state index contributed by atoms with van der Waals surface area (Å²) in [5.41, 5.74) is 5.48. The summed E-state index contributed by atoms with van der Waals surface area (Å²) in [6, 6.07) is 2.91. The Bertz CT molecular complexity index is 320. The van der Waals surface area contributed by atoms with Gasteiger partial charge in [-0.15, -0.1) is 0 Å². The normalized spacial score (nSPS) is 34.4.